The fourth-order valence-electron chi connectivity index (χ4n) is 3.19. The monoisotopic (exact) mass is 332 g/mol. The molecule has 1 rings (SSSR count). The van der Waals surface area contributed by atoms with Gasteiger partial charge in [0.2, 0.25) is 0 Å². The largest absolute Gasteiger partial charge is 0.465 e. The van der Waals surface area contributed by atoms with E-state index in [0.717, 1.165) is 11.1 Å². The van der Waals surface area contributed by atoms with Gasteiger partial charge in [-0.3, -0.25) is 4.79 Å². The quantitative estimate of drug-likeness (QED) is 0.326. The van der Waals surface area contributed by atoms with Gasteiger partial charge in [-0.05, 0) is 43.7 Å². The van der Waals surface area contributed by atoms with Crippen molar-refractivity contribution in [3.63, 3.8) is 0 Å². The highest BCUT2D eigenvalue weighted by atomic mass is 16.5. The first-order valence-electron chi connectivity index (χ1n) is 9.82. The molecule has 0 aromatic heterocycles. The zero-order valence-corrected chi connectivity index (χ0v) is 16.1. The van der Waals surface area contributed by atoms with Gasteiger partial charge in [0.25, 0.3) is 0 Å². The topological polar surface area (TPSA) is 26.3 Å². The standard InChI is InChI=1S/C22H36O2/c1-5-7-9-10-15-20(14-8-6-2)17-24-22(23)19(4)21-16-12-11-13-18(21)3/h11-13,16,19-20H,5-10,14-15,17H2,1-4H3. The van der Waals surface area contributed by atoms with Crippen LogP contribution in [0, 0.1) is 12.8 Å². The number of benzene rings is 1. The second kappa shape index (κ2) is 12.1. The minimum atomic E-state index is -0.182. The minimum Gasteiger partial charge on any atom is -0.465 e. The Bertz CT molecular complexity index is 467. The lowest BCUT2D eigenvalue weighted by molar-refractivity contribution is -0.146. The van der Waals surface area contributed by atoms with Crippen molar-refractivity contribution in [2.45, 2.75) is 85.0 Å². The average Bonchev–Trinajstić information content (AvgIpc) is 2.59. The Morgan fingerprint density at radius 3 is 2.33 bits per heavy atom. The molecule has 2 unspecified atom stereocenters. The van der Waals surface area contributed by atoms with Crippen LogP contribution in [0.4, 0.5) is 0 Å². The number of esters is 1. The summed E-state index contributed by atoms with van der Waals surface area (Å²) >= 11 is 0. The average molecular weight is 333 g/mol. The SMILES string of the molecule is CCCCCCC(CCCC)COC(=O)C(C)c1ccccc1C. The van der Waals surface area contributed by atoms with Gasteiger partial charge in [-0.25, -0.2) is 0 Å². The fourth-order valence-corrected chi connectivity index (χ4v) is 3.19. The number of carbonyl (C=O) groups is 1. The van der Waals surface area contributed by atoms with Crippen LogP contribution in [0.25, 0.3) is 0 Å². The molecule has 2 heteroatoms. The van der Waals surface area contributed by atoms with E-state index in [2.05, 4.69) is 26.8 Å². The summed E-state index contributed by atoms with van der Waals surface area (Å²) in [5.74, 6) is 0.257. The second-order valence-electron chi connectivity index (χ2n) is 7.07. The van der Waals surface area contributed by atoms with Crippen molar-refractivity contribution in [1.82, 2.24) is 0 Å². The summed E-state index contributed by atoms with van der Waals surface area (Å²) in [7, 11) is 0. The first-order chi connectivity index (χ1) is 11.6. The van der Waals surface area contributed by atoms with E-state index in [0.29, 0.717) is 12.5 Å². The van der Waals surface area contributed by atoms with Crippen LogP contribution in [-0.4, -0.2) is 12.6 Å². The van der Waals surface area contributed by atoms with Crippen molar-refractivity contribution in [2.24, 2.45) is 5.92 Å². The summed E-state index contributed by atoms with van der Waals surface area (Å²) in [5, 5.41) is 0. The van der Waals surface area contributed by atoms with Gasteiger partial charge in [-0.2, -0.15) is 0 Å². The normalized spacial score (nSPS) is 13.5. The molecule has 1 aromatic carbocycles. The number of rotatable bonds is 12. The molecule has 2 atom stereocenters. The highest BCUT2D eigenvalue weighted by Gasteiger charge is 2.20. The van der Waals surface area contributed by atoms with E-state index in [1.165, 1.54) is 51.4 Å². The molecule has 0 N–H and O–H groups in total. The number of carbonyl (C=O) groups excluding carboxylic acids is 1. The molecule has 0 fully saturated rings. The molecule has 1 aromatic rings. The summed E-state index contributed by atoms with van der Waals surface area (Å²) in [5.41, 5.74) is 2.24. The van der Waals surface area contributed by atoms with E-state index < -0.39 is 0 Å². The highest BCUT2D eigenvalue weighted by Crippen LogP contribution is 2.22. The zero-order valence-electron chi connectivity index (χ0n) is 16.1. The maximum absolute atomic E-state index is 12.4. The van der Waals surface area contributed by atoms with Crippen LogP contribution in [0.1, 0.15) is 89.2 Å². The minimum absolute atomic E-state index is 0.0839. The number of aryl methyl sites for hydroxylation is 1. The van der Waals surface area contributed by atoms with Crippen LogP contribution in [0.5, 0.6) is 0 Å². The van der Waals surface area contributed by atoms with E-state index in [-0.39, 0.29) is 11.9 Å². The Kier molecular flexibility index (Phi) is 10.5. The zero-order chi connectivity index (χ0) is 17.8. The van der Waals surface area contributed by atoms with Gasteiger partial charge >= 0.3 is 5.97 Å². The van der Waals surface area contributed by atoms with Gasteiger partial charge in [0.1, 0.15) is 0 Å². The molecule has 0 radical (unpaired) electrons. The Morgan fingerprint density at radius 2 is 1.67 bits per heavy atom. The molecule has 0 saturated heterocycles. The molecule has 0 spiro atoms. The molecular weight excluding hydrogens is 296 g/mol. The molecule has 0 heterocycles. The Labute approximate surface area is 149 Å². The van der Waals surface area contributed by atoms with Crippen molar-refractivity contribution in [1.29, 1.82) is 0 Å². The number of unbranched alkanes of at least 4 members (excludes halogenated alkanes) is 4. The Balaban J connectivity index is 2.48. The third-order valence-corrected chi connectivity index (χ3v) is 4.90. The number of ether oxygens (including phenoxy) is 1. The second-order valence-corrected chi connectivity index (χ2v) is 7.07. The van der Waals surface area contributed by atoms with Gasteiger partial charge in [-0.1, -0.05) is 76.6 Å². The van der Waals surface area contributed by atoms with Crippen molar-refractivity contribution in [2.75, 3.05) is 6.61 Å². The summed E-state index contributed by atoms with van der Waals surface area (Å²) in [6.07, 6.45) is 9.93. The molecule has 0 amide bonds. The van der Waals surface area contributed by atoms with Crippen molar-refractivity contribution in [3.8, 4) is 0 Å². The summed E-state index contributed by atoms with van der Waals surface area (Å²) in [6, 6.07) is 8.08. The van der Waals surface area contributed by atoms with Crippen LogP contribution in [0.2, 0.25) is 0 Å². The molecule has 0 bridgehead atoms. The van der Waals surface area contributed by atoms with E-state index in [1.807, 2.05) is 25.1 Å². The van der Waals surface area contributed by atoms with Gasteiger partial charge < -0.3 is 4.74 Å². The first-order valence-corrected chi connectivity index (χ1v) is 9.82. The van der Waals surface area contributed by atoms with E-state index >= 15 is 0 Å². The molecule has 0 aliphatic heterocycles. The fraction of sp³-hybridized carbons (Fsp3) is 0.682. The maximum atomic E-state index is 12.4. The molecule has 0 aliphatic carbocycles. The van der Waals surface area contributed by atoms with Crippen molar-refractivity contribution >= 4 is 5.97 Å². The van der Waals surface area contributed by atoms with Crippen molar-refractivity contribution in [3.05, 3.63) is 35.4 Å². The maximum Gasteiger partial charge on any atom is 0.313 e. The first kappa shape index (κ1) is 20.7. The van der Waals surface area contributed by atoms with Gasteiger partial charge in [0.15, 0.2) is 0 Å². The van der Waals surface area contributed by atoms with Gasteiger partial charge in [0.05, 0.1) is 12.5 Å². The lowest BCUT2D eigenvalue weighted by Gasteiger charge is -2.19. The van der Waals surface area contributed by atoms with E-state index in [4.69, 9.17) is 4.74 Å². The molecule has 2 nitrogen and oxygen atoms in total. The summed E-state index contributed by atoms with van der Waals surface area (Å²) in [6.45, 7) is 9.05. The molecule has 24 heavy (non-hydrogen) atoms. The Morgan fingerprint density at radius 1 is 1.00 bits per heavy atom. The lowest BCUT2D eigenvalue weighted by Crippen LogP contribution is -2.19. The van der Waals surface area contributed by atoms with Crippen LogP contribution in [0.3, 0.4) is 0 Å². The van der Waals surface area contributed by atoms with Gasteiger partial charge in [0, 0.05) is 0 Å². The third kappa shape index (κ3) is 7.51. The molecule has 0 aliphatic rings. The number of hydrogen-bond donors (Lipinski definition) is 0. The van der Waals surface area contributed by atoms with Crippen LogP contribution in [0.15, 0.2) is 24.3 Å². The predicted molar refractivity (Wildman–Crippen MR) is 102 cm³/mol. The predicted octanol–water partition coefficient (Wildman–Crippen LogP) is 6.42. The van der Waals surface area contributed by atoms with Crippen LogP contribution in [-0.2, 0) is 9.53 Å². The van der Waals surface area contributed by atoms with Gasteiger partial charge in [-0.15, -0.1) is 0 Å². The highest BCUT2D eigenvalue weighted by molar-refractivity contribution is 5.78. The smallest absolute Gasteiger partial charge is 0.313 e. The summed E-state index contributed by atoms with van der Waals surface area (Å²) < 4.78 is 5.69. The summed E-state index contributed by atoms with van der Waals surface area (Å²) in [4.78, 5) is 12.4. The molecule has 136 valence electrons. The van der Waals surface area contributed by atoms with E-state index in [9.17, 15) is 4.79 Å². The molecule has 0 saturated carbocycles. The lowest BCUT2D eigenvalue weighted by atomic mass is 9.95. The van der Waals surface area contributed by atoms with Crippen LogP contribution < -0.4 is 0 Å². The van der Waals surface area contributed by atoms with E-state index in [1.54, 1.807) is 0 Å². The van der Waals surface area contributed by atoms with Crippen LogP contribution >= 0.6 is 0 Å². The van der Waals surface area contributed by atoms with Crippen molar-refractivity contribution < 1.29 is 9.53 Å². The molecular formula is C22H36O2. The third-order valence-electron chi connectivity index (χ3n) is 4.90. The Hall–Kier alpha value is -1.31. The number of hydrogen-bond acceptors (Lipinski definition) is 2.